The summed E-state index contributed by atoms with van der Waals surface area (Å²) in [5, 5.41) is 218. The largest absolute Gasteiger partial charge is 0.497 e. The zero-order chi connectivity index (χ0) is 87.3. The maximum Gasteiger partial charge on any atom is 0.331 e. The maximum atomic E-state index is 14.9. The fourth-order valence-electron chi connectivity index (χ4n) is 11.4. The molecule has 0 radical (unpaired) electrons. The molecule has 43 heteroatoms. The molecule has 0 amide bonds. The van der Waals surface area contributed by atoms with Crippen molar-refractivity contribution >= 4 is 135 Å². The number of rotatable bonds is 36. The highest BCUT2D eigenvalue weighted by Gasteiger charge is 2.37. The van der Waals surface area contributed by atoms with Crippen molar-refractivity contribution in [3.05, 3.63) is 65.9 Å². The minimum atomic E-state index is -2.42. The van der Waals surface area contributed by atoms with Gasteiger partial charge in [-0.15, -0.1) is 0 Å². The molecule has 1 aromatic heterocycles. The first-order chi connectivity index (χ1) is 55.2. The van der Waals surface area contributed by atoms with Gasteiger partial charge in [-0.25, -0.2) is 69.7 Å². The van der Waals surface area contributed by atoms with Crippen LogP contribution in [0.15, 0.2) is 120 Å². The number of ether oxygens (including phenoxy) is 1. The molecule has 0 saturated carbocycles. The van der Waals surface area contributed by atoms with Crippen LogP contribution in [0.1, 0.15) is 153 Å². The Morgan fingerprint density at radius 1 is 0.564 bits per heavy atom. The van der Waals surface area contributed by atoms with Crippen LogP contribution in [0.2, 0.25) is 0 Å². The van der Waals surface area contributed by atoms with Crippen LogP contribution < -0.4 is 11.5 Å². The minimum Gasteiger partial charge on any atom is -0.497 e. The number of nitrogens with one attached hydrogen (secondary N) is 2. The van der Waals surface area contributed by atoms with Gasteiger partial charge in [-0.2, -0.15) is 0 Å². The average molecular weight is 1650 g/mol. The molecule has 1 aliphatic heterocycles. The van der Waals surface area contributed by atoms with Gasteiger partial charge in [0.1, 0.15) is 67.5 Å². The highest BCUT2D eigenvalue weighted by atomic mass is 16.5. The number of anilines is 1. The molecule has 0 saturated heterocycles. The number of para-hydroxylation sites is 2. The third kappa shape index (κ3) is 33.7. The molecule has 0 bridgehead atoms. The van der Waals surface area contributed by atoms with E-state index >= 15 is 0 Å². The molecular weight excluding hydrogens is 1540 g/mol. The van der Waals surface area contributed by atoms with Crippen molar-refractivity contribution in [3.8, 4) is 0 Å². The number of aliphatic hydroxyl groups is 15. The topological polar surface area (TPSA) is 748 Å². The molecular formula is C74H105N17O26. The zero-order valence-corrected chi connectivity index (χ0v) is 65.0. The van der Waals surface area contributed by atoms with Gasteiger partial charge in [0.2, 0.25) is 70.8 Å². The van der Waals surface area contributed by atoms with E-state index < -0.39 is 255 Å². The maximum absolute atomic E-state index is 14.9. The predicted octanol–water partition coefficient (Wildman–Crippen LogP) is 6.99. The lowest BCUT2D eigenvalue weighted by atomic mass is 9.97. The van der Waals surface area contributed by atoms with Crippen molar-refractivity contribution in [1.29, 1.82) is 5.41 Å². The Morgan fingerprint density at radius 2 is 1.10 bits per heavy atom. The number of carbonyl (C=O) groups excluding carboxylic acids is 2. The molecule has 43 nitrogen and oxygen atoms in total. The van der Waals surface area contributed by atoms with E-state index in [0.29, 0.717) is 28.8 Å². The van der Waals surface area contributed by atoms with Crippen LogP contribution in [0.3, 0.4) is 0 Å². The highest BCUT2D eigenvalue weighted by molar-refractivity contribution is 6.04. The summed E-state index contributed by atoms with van der Waals surface area (Å²) in [7, 11) is 0. The molecule has 13 atom stereocenters. The van der Waals surface area contributed by atoms with Crippen molar-refractivity contribution in [1.82, 2.24) is 4.98 Å². The third-order valence-electron chi connectivity index (χ3n) is 17.5. The summed E-state index contributed by atoms with van der Waals surface area (Å²) in [4.78, 5) is 132. The van der Waals surface area contributed by atoms with Gasteiger partial charge in [0.05, 0.1) is 38.7 Å². The summed E-state index contributed by atoms with van der Waals surface area (Å²) in [5.74, 6) is -26.9. The average Bonchev–Trinajstić information content (AvgIpc) is 1.69. The molecule has 117 heavy (non-hydrogen) atoms. The number of Topliss-reactive ketones (excluding diaryl/α,β-unsaturated/α-hetero) is 1. The molecule has 4 rings (SSSR count). The van der Waals surface area contributed by atoms with E-state index in [2.05, 4.69) is 83.7 Å². The van der Waals surface area contributed by atoms with Crippen molar-refractivity contribution in [2.45, 2.75) is 216 Å². The second-order valence-corrected chi connectivity index (χ2v) is 27.7. The van der Waals surface area contributed by atoms with Crippen LogP contribution in [-0.4, -0.2) is 319 Å². The Balaban J connectivity index is 2.09. The number of nitrogens with two attached hydrogens (primary N) is 2. The first kappa shape index (κ1) is 96.7. The number of ketones is 1. The molecule has 2 aromatic carbocycles. The number of carboxylic acid groups (broad SMARTS) is 4. The van der Waals surface area contributed by atoms with Crippen LogP contribution in [-0.2, 0) is 35.1 Å². The van der Waals surface area contributed by atoms with Crippen LogP contribution in [0.4, 0.5) is 5.69 Å². The number of carbonyl (C=O) groups is 6. The molecule has 1 aliphatic rings. The molecule has 0 spiro atoms. The monoisotopic (exact) mass is 1650 g/mol. The Labute approximate surface area is 669 Å². The third-order valence-corrected chi connectivity index (χ3v) is 17.5. The van der Waals surface area contributed by atoms with Crippen LogP contribution in [0.25, 0.3) is 10.9 Å². The van der Waals surface area contributed by atoms with Crippen molar-refractivity contribution in [2.75, 3.05) is 32.0 Å². The quantitative estimate of drug-likeness (QED) is 0.00696. The summed E-state index contributed by atoms with van der Waals surface area (Å²) in [5.41, 5.74) is 12.7. The number of aliphatic imine (C=N–C) groups is 13. The number of hydrogen-bond donors (Lipinski definition) is 23. The van der Waals surface area contributed by atoms with Gasteiger partial charge < -0.3 is 118 Å². The fraction of sp³-hybridized carbons (Fsp3) is 0.541. The van der Waals surface area contributed by atoms with Gasteiger partial charge in [-0.1, -0.05) is 89.6 Å². The van der Waals surface area contributed by atoms with Gasteiger partial charge in [-0.3, -0.25) is 29.4 Å². The SMILES string of the molecule is CC(C)CCCCCCCCC(O)=NC(Cc1c[nH]c2ccccc12)C(O)=NC(CC(=N)O)C(O)=NC(CC(=O)O)C(O)=NC1C(O)=NCC(O)=NC(CCCN)C(O)=NC(CC(=O)O)C(O)=NC(C)C(O)=NC(CC(=O)O)C(O)=NCC(O)=NC(CO)C(O)=NC(C(C)CC(=O)O)C(O)=NC(CC(=O)c2ccccc2N)C(=O)OC1C. The number of H-pyrrole nitrogens is 1. The van der Waals surface area contributed by atoms with Gasteiger partial charge >= 0.3 is 29.8 Å². The number of aromatic nitrogens is 1. The van der Waals surface area contributed by atoms with Gasteiger partial charge in [0.25, 0.3) is 0 Å². The highest BCUT2D eigenvalue weighted by Crippen LogP contribution is 2.25. The Kier molecular flexibility index (Phi) is 40.1. The van der Waals surface area contributed by atoms with Gasteiger partial charge in [-0.05, 0) is 75.3 Å². The summed E-state index contributed by atoms with van der Waals surface area (Å²) in [6, 6.07) is -10.1. The predicted molar refractivity (Wildman–Crippen MR) is 436 cm³/mol. The van der Waals surface area contributed by atoms with Gasteiger partial charge in [0, 0.05) is 47.6 Å². The first-order valence-electron chi connectivity index (χ1n) is 37.2. The number of esters is 1. The number of aliphatic carboxylic acids is 4. The van der Waals surface area contributed by atoms with E-state index in [1.807, 2.05) is 0 Å². The molecule has 0 aliphatic carbocycles. The van der Waals surface area contributed by atoms with E-state index in [0.717, 1.165) is 59.3 Å². The Morgan fingerprint density at radius 3 is 1.70 bits per heavy atom. The number of fused-ring (bicyclic) bond motifs is 1. The van der Waals surface area contributed by atoms with E-state index in [1.54, 1.807) is 30.5 Å². The van der Waals surface area contributed by atoms with E-state index in [9.17, 15) is 126 Å². The van der Waals surface area contributed by atoms with E-state index in [1.165, 1.54) is 24.3 Å². The number of hydrogen-bond acceptors (Lipinski definition) is 24. The smallest absolute Gasteiger partial charge is 0.331 e. The van der Waals surface area contributed by atoms with Gasteiger partial charge in [0.15, 0.2) is 35.7 Å². The summed E-state index contributed by atoms with van der Waals surface area (Å²) in [6.07, 6.45) is -1.53. The number of aliphatic hydroxyl groups excluding tert-OH is 15. The van der Waals surface area contributed by atoms with Crippen LogP contribution >= 0.6 is 0 Å². The van der Waals surface area contributed by atoms with E-state index in [-0.39, 0.29) is 43.5 Å². The summed E-state index contributed by atoms with van der Waals surface area (Å²) >= 11 is 0. The number of aromatic amines is 1. The number of nitrogen functional groups attached to an aromatic ring is 1. The molecule has 13 unspecified atom stereocenters. The zero-order valence-electron chi connectivity index (χ0n) is 65.0. The number of unbranched alkanes of at least 4 members (excludes halogenated alkanes) is 5. The molecule has 0 fully saturated rings. The normalized spacial score (nSPS) is 22.0. The van der Waals surface area contributed by atoms with E-state index in [4.69, 9.17) is 21.6 Å². The number of nitrogens with zero attached hydrogens (tertiary/aromatic N) is 13. The lowest BCUT2D eigenvalue weighted by molar-refractivity contribution is -0.150. The Hall–Kier alpha value is -12.7. The Bertz CT molecular complexity index is 4320. The second kappa shape index (κ2) is 48.5. The number of benzene rings is 2. The van der Waals surface area contributed by atoms with Crippen molar-refractivity contribution < 1.29 is 131 Å². The molecule has 642 valence electrons. The molecule has 25 N–H and O–H groups in total. The summed E-state index contributed by atoms with van der Waals surface area (Å²) in [6.45, 7) is 3.60. The standard InChI is InChI=1S/C74H105N17O26/c1-36(2)17-10-8-6-7-9-11-23-55(95)83-46(26-40-32-78-44-21-15-13-18-41(40)44)68(110)86-47(28-54(77)94)69(111)88-50(31-61(104)105)70(112)91-63-39(5)117-74(116)51(27-53(93)42-19-12-14-20-43(42)76)89-73(115)62(37(3)25-58(98)99)90-71(113)52(35-92)84-57(97)33-79-65(107)48(29-59(100)101)85-64(106)38(4)81-67(109)49(30-60(102)103)87-66(108)45(22-16-24-75)82-56(96)34-80-72(63)114/h12-15,18-21,32,36-39,45-52,62-63,78,92H,6-11,16-17,22-31,33-35,75-76H2,1-5H3,(H2,77,94)(H,79,107)(H,80,114)(H,81,109)(H,82,96)(H,83,95)(H,84,97)(H,85,106)(H,86,110)(H,87,108)(H,88,111)(H,89,115)(H,90,113)(H,91,112)(H,98,99)(H,100,101)(H,102,103)(H,104,105). The van der Waals surface area contributed by atoms with Crippen LogP contribution in [0.5, 0.6) is 0 Å². The molecule has 3 aromatic rings. The first-order valence-corrected chi connectivity index (χ1v) is 37.2. The van der Waals surface area contributed by atoms with Crippen LogP contribution in [0, 0.1) is 17.2 Å². The van der Waals surface area contributed by atoms with Crippen molar-refractivity contribution in [3.63, 3.8) is 0 Å². The number of carboxylic acids is 4. The van der Waals surface area contributed by atoms with Crippen molar-refractivity contribution in [2.24, 2.45) is 82.5 Å². The lowest BCUT2D eigenvalue weighted by Gasteiger charge is -2.24. The minimum absolute atomic E-state index is 0.0511. The summed E-state index contributed by atoms with van der Waals surface area (Å²) < 4.78 is 5.73. The lowest BCUT2D eigenvalue weighted by Crippen LogP contribution is -2.40. The second-order valence-electron chi connectivity index (χ2n) is 27.7. The molecule has 2 heterocycles. The number of cyclic esters (lactones) is 1. The fourth-order valence-corrected chi connectivity index (χ4v) is 11.4.